The predicted octanol–water partition coefficient (Wildman–Crippen LogP) is 2.68. The molecule has 210 valence electrons. The Bertz CT molecular complexity index is 1270. The molecule has 2 aliphatic rings. The molecule has 1 fully saturated rings. The molecule has 4 rings (SSSR count). The van der Waals surface area contributed by atoms with E-state index >= 15 is 0 Å². The number of hydrogen-bond acceptors (Lipinski definition) is 7. The Balaban J connectivity index is 1.48. The third kappa shape index (κ3) is 6.37. The van der Waals surface area contributed by atoms with Crippen LogP contribution in [0.2, 0.25) is 0 Å². The number of anilines is 2. The molecule has 3 amide bonds. The van der Waals surface area contributed by atoms with Crippen molar-refractivity contribution < 1.29 is 27.9 Å². The summed E-state index contributed by atoms with van der Waals surface area (Å²) in [5, 5.41) is 5.61. The number of nitrogens with zero attached hydrogens (tertiary/aromatic N) is 3. The van der Waals surface area contributed by atoms with Gasteiger partial charge in [0.05, 0.1) is 11.7 Å². The van der Waals surface area contributed by atoms with Gasteiger partial charge in [0.25, 0.3) is 0 Å². The number of nitrogen functional groups attached to an aromatic ring is 1. The Labute approximate surface area is 225 Å². The van der Waals surface area contributed by atoms with Crippen LogP contribution in [0, 0.1) is 11.6 Å². The highest BCUT2D eigenvalue weighted by Crippen LogP contribution is 2.30. The number of ether oxygens (including phenoxy) is 1. The minimum absolute atomic E-state index is 0.0171. The van der Waals surface area contributed by atoms with Crippen LogP contribution in [0.1, 0.15) is 51.4 Å². The number of aromatic nitrogens is 1. The average Bonchev–Trinajstić information content (AvgIpc) is 3.25. The fraction of sp³-hybridized carbons (Fsp3) is 0.481. The summed E-state index contributed by atoms with van der Waals surface area (Å²) in [5.74, 6) is -2.67. The van der Waals surface area contributed by atoms with Crippen LogP contribution >= 0.6 is 0 Å². The van der Waals surface area contributed by atoms with Crippen molar-refractivity contribution in [3.8, 4) is 0 Å². The average molecular weight is 545 g/mol. The predicted molar refractivity (Wildman–Crippen MR) is 141 cm³/mol. The Kier molecular flexibility index (Phi) is 7.94. The van der Waals surface area contributed by atoms with Crippen LogP contribution in [0.4, 0.5) is 25.1 Å². The molecular formula is C27H34F2N6O4. The Morgan fingerprint density at radius 3 is 2.62 bits per heavy atom. The number of pyridine rings is 1. The fourth-order valence-corrected chi connectivity index (χ4v) is 4.81. The second-order valence-electron chi connectivity index (χ2n) is 10.8. The van der Waals surface area contributed by atoms with Gasteiger partial charge in [-0.25, -0.2) is 18.6 Å². The van der Waals surface area contributed by atoms with Gasteiger partial charge >= 0.3 is 6.09 Å². The molecule has 10 nitrogen and oxygen atoms in total. The highest BCUT2D eigenvalue weighted by Gasteiger charge is 2.39. The number of aryl methyl sites for hydroxylation is 1. The standard InChI is InChI=1S/C27H34F2N6O4/c1-15(24(36)33-19-10-9-18-16(19)8-11-22(30)32-18)31-25(37)21-14-34(20-7-5-6-17(28)23(20)29)12-13-35(21)26(38)39-27(2,3)4/h5-8,11,15,19,21H,9-10,12-14H2,1-4H3,(H2,30,32)(H,31,37)(H,33,36)/t15-,19+,21+/m0/s1. The van der Waals surface area contributed by atoms with Crippen LogP contribution in [0.3, 0.4) is 0 Å². The molecule has 12 heteroatoms. The van der Waals surface area contributed by atoms with E-state index in [1.54, 1.807) is 26.8 Å². The maximum absolute atomic E-state index is 14.5. The number of carbonyl (C=O) groups is 3. The van der Waals surface area contributed by atoms with Gasteiger partial charge in [-0.15, -0.1) is 0 Å². The lowest BCUT2D eigenvalue weighted by molar-refractivity contribution is -0.132. The van der Waals surface area contributed by atoms with Crippen molar-refractivity contribution in [2.75, 3.05) is 30.3 Å². The second-order valence-corrected chi connectivity index (χ2v) is 10.8. The van der Waals surface area contributed by atoms with Crippen molar-refractivity contribution >= 4 is 29.4 Å². The fourth-order valence-electron chi connectivity index (χ4n) is 4.81. The zero-order valence-corrected chi connectivity index (χ0v) is 22.5. The first-order valence-electron chi connectivity index (χ1n) is 12.9. The number of fused-ring (bicyclic) bond motifs is 1. The largest absolute Gasteiger partial charge is 0.444 e. The smallest absolute Gasteiger partial charge is 0.411 e. The summed E-state index contributed by atoms with van der Waals surface area (Å²) >= 11 is 0. The Hall–Kier alpha value is -3.96. The molecule has 1 aliphatic heterocycles. The van der Waals surface area contributed by atoms with Crippen molar-refractivity contribution in [1.82, 2.24) is 20.5 Å². The third-order valence-electron chi connectivity index (χ3n) is 6.73. The van der Waals surface area contributed by atoms with Gasteiger partial charge in [0.15, 0.2) is 11.6 Å². The van der Waals surface area contributed by atoms with Crippen molar-refractivity contribution in [3.05, 3.63) is 53.2 Å². The van der Waals surface area contributed by atoms with Crippen LogP contribution in [0.5, 0.6) is 0 Å². The first-order valence-corrected chi connectivity index (χ1v) is 12.9. The van der Waals surface area contributed by atoms with Gasteiger partial charge in [0, 0.05) is 25.3 Å². The van der Waals surface area contributed by atoms with Gasteiger partial charge in [-0.1, -0.05) is 12.1 Å². The highest BCUT2D eigenvalue weighted by molar-refractivity contribution is 5.92. The number of amides is 3. The van der Waals surface area contributed by atoms with Gasteiger partial charge in [-0.05, 0) is 64.3 Å². The van der Waals surface area contributed by atoms with Gasteiger partial charge < -0.3 is 26.0 Å². The summed E-state index contributed by atoms with van der Waals surface area (Å²) in [7, 11) is 0. The maximum atomic E-state index is 14.5. The lowest BCUT2D eigenvalue weighted by Crippen LogP contribution is -2.63. The van der Waals surface area contributed by atoms with E-state index in [-0.39, 0.29) is 31.4 Å². The van der Waals surface area contributed by atoms with Crippen LogP contribution < -0.4 is 21.3 Å². The van der Waals surface area contributed by atoms with E-state index in [4.69, 9.17) is 10.5 Å². The lowest BCUT2D eigenvalue weighted by Gasteiger charge is -2.42. The Morgan fingerprint density at radius 2 is 1.90 bits per heavy atom. The normalized spacial score (nSPS) is 19.7. The van der Waals surface area contributed by atoms with Crippen LogP contribution in [-0.2, 0) is 20.7 Å². The van der Waals surface area contributed by atoms with Crippen LogP contribution in [-0.4, -0.2) is 65.1 Å². The summed E-state index contributed by atoms with van der Waals surface area (Å²) in [5.41, 5.74) is 6.64. The number of benzene rings is 1. The number of piperazine rings is 1. The zero-order valence-electron chi connectivity index (χ0n) is 22.5. The lowest BCUT2D eigenvalue weighted by atomic mass is 10.1. The molecule has 1 aliphatic carbocycles. The zero-order chi connectivity index (χ0) is 28.5. The van der Waals surface area contributed by atoms with Crippen LogP contribution in [0.25, 0.3) is 0 Å². The highest BCUT2D eigenvalue weighted by atomic mass is 19.2. The van der Waals surface area contributed by atoms with E-state index in [2.05, 4.69) is 15.6 Å². The quantitative estimate of drug-likeness (QED) is 0.528. The first kappa shape index (κ1) is 28.1. The van der Waals surface area contributed by atoms with Gasteiger partial charge in [0.1, 0.15) is 23.5 Å². The number of nitrogens with two attached hydrogens (primary N) is 1. The molecule has 2 aromatic rings. The number of carbonyl (C=O) groups excluding carboxylic acids is 3. The summed E-state index contributed by atoms with van der Waals surface area (Å²) in [6.07, 6.45) is 0.612. The van der Waals surface area contributed by atoms with Crippen molar-refractivity contribution in [3.63, 3.8) is 0 Å². The number of nitrogens with one attached hydrogen (secondary N) is 2. The summed E-state index contributed by atoms with van der Waals surface area (Å²) in [4.78, 5) is 46.5. The van der Waals surface area contributed by atoms with Gasteiger partial charge in [-0.2, -0.15) is 0 Å². The molecule has 1 aromatic carbocycles. The number of hydrogen-bond donors (Lipinski definition) is 3. The van der Waals surface area contributed by atoms with E-state index in [1.165, 1.54) is 28.9 Å². The minimum atomic E-state index is -1.12. The minimum Gasteiger partial charge on any atom is -0.444 e. The first-order chi connectivity index (χ1) is 18.3. The third-order valence-corrected chi connectivity index (χ3v) is 6.73. The van der Waals surface area contributed by atoms with Crippen LogP contribution in [0.15, 0.2) is 30.3 Å². The van der Waals surface area contributed by atoms with E-state index in [1.807, 2.05) is 6.07 Å². The molecule has 0 spiro atoms. The van der Waals surface area contributed by atoms with E-state index in [9.17, 15) is 23.2 Å². The van der Waals surface area contributed by atoms with Crippen molar-refractivity contribution in [2.45, 2.75) is 64.3 Å². The molecule has 1 saturated heterocycles. The second kappa shape index (κ2) is 11.0. The molecule has 1 aromatic heterocycles. The van der Waals surface area contributed by atoms with E-state index < -0.39 is 47.2 Å². The van der Waals surface area contributed by atoms with E-state index in [0.29, 0.717) is 18.7 Å². The van der Waals surface area contributed by atoms with Gasteiger partial charge in [0.2, 0.25) is 11.8 Å². The molecule has 0 radical (unpaired) electrons. The summed E-state index contributed by atoms with van der Waals surface area (Å²) in [6, 6.07) is 4.98. The van der Waals surface area contributed by atoms with E-state index in [0.717, 1.165) is 17.3 Å². The summed E-state index contributed by atoms with van der Waals surface area (Å²) in [6.45, 7) is 6.71. The molecule has 0 saturated carbocycles. The SMILES string of the molecule is C[C@H](NC(=O)[C@H]1CN(c2cccc(F)c2F)CCN1C(=O)OC(C)(C)C)C(=O)N[C@@H]1CCc2nc(N)ccc21. The molecule has 0 bridgehead atoms. The van der Waals surface area contributed by atoms with Gasteiger partial charge in [-0.3, -0.25) is 14.5 Å². The summed E-state index contributed by atoms with van der Waals surface area (Å²) < 4.78 is 33.9. The molecule has 39 heavy (non-hydrogen) atoms. The Morgan fingerprint density at radius 1 is 1.15 bits per heavy atom. The molecule has 4 N–H and O–H groups in total. The topological polar surface area (TPSA) is 130 Å². The molecule has 0 unspecified atom stereocenters. The van der Waals surface area contributed by atoms with Crippen molar-refractivity contribution in [1.29, 1.82) is 0 Å². The molecule has 3 atom stereocenters. The van der Waals surface area contributed by atoms with Crippen molar-refractivity contribution in [2.24, 2.45) is 0 Å². The molecular weight excluding hydrogens is 510 g/mol. The maximum Gasteiger partial charge on any atom is 0.411 e. The molecule has 2 heterocycles. The number of rotatable bonds is 5. The number of halogens is 2. The monoisotopic (exact) mass is 544 g/mol.